The van der Waals surface area contributed by atoms with E-state index < -0.39 is 18.0 Å². The number of carboxylic acid groups (broad SMARTS) is 1. The van der Waals surface area contributed by atoms with Gasteiger partial charge in [-0.25, -0.2) is 4.79 Å². The number of primary amides is 1. The van der Waals surface area contributed by atoms with Crippen LogP contribution in [0.25, 0.3) is 0 Å². The van der Waals surface area contributed by atoms with E-state index in [0.717, 1.165) is 0 Å². The molecule has 0 radical (unpaired) electrons. The van der Waals surface area contributed by atoms with Crippen molar-refractivity contribution >= 4 is 41.6 Å². The van der Waals surface area contributed by atoms with Crippen LogP contribution < -0.4 is 11.1 Å². The van der Waals surface area contributed by atoms with Gasteiger partial charge in [-0.2, -0.15) is 0 Å². The molecule has 5 nitrogen and oxygen atoms in total. The second-order valence-electron chi connectivity index (χ2n) is 1.57. The third-order valence-electron chi connectivity index (χ3n) is 0.729. The quantitative estimate of drug-likeness (QED) is 0.424. The molecule has 0 spiro atoms. The second-order valence-corrected chi connectivity index (χ2v) is 1.57. The average molecular weight is 156 g/mol. The number of nitrogens with two attached hydrogens (primary N) is 1. The first-order valence-corrected chi connectivity index (χ1v) is 2.33. The monoisotopic (exact) mass is 156 g/mol. The van der Waals surface area contributed by atoms with E-state index >= 15 is 0 Å². The number of hydrogen-bond donors (Lipinski definition) is 3. The van der Waals surface area contributed by atoms with Gasteiger partial charge in [0.25, 0.3) is 0 Å². The van der Waals surface area contributed by atoms with Crippen LogP contribution in [-0.4, -0.2) is 52.7 Å². The van der Waals surface area contributed by atoms with Crippen molar-refractivity contribution < 1.29 is 14.7 Å². The van der Waals surface area contributed by atoms with Crippen LogP contribution in [0.1, 0.15) is 6.92 Å². The standard InChI is InChI=1S/C4H8N2O3.Na.H/c1-2(3(7)8)6-4(5)9;;/h2H,1H3,(H,7,8)(H3,5,6,9);;. The van der Waals surface area contributed by atoms with Crippen LogP contribution in [0, 0.1) is 0 Å². The Balaban J connectivity index is 0. The van der Waals surface area contributed by atoms with Crippen LogP contribution in [0.15, 0.2) is 0 Å². The third-order valence-corrected chi connectivity index (χ3v) is 0.729. The van der Waals surface area contributed by atoms with Gasteiger partial charge in [-0.15, -0.1) is 0 Å². The normalized spacial score (nSPS) is 10.9. The molecule has 2 amide bonds. The van der Waals surface area contributed by atoms with Crippen LogP contribution in [0.3, 0.4) is 0 Å². The summed E-state index contributed by atoms with van der Waals surface area (Å²) in [5, 5.41) is 10.1. The third kappa shape index (κ3) is 5.87. The van der Waals surface area contributed by atoms with Crippen molar-refractivity contribution in [3.63, 3.8) is 0 Å². The summed E-state index contributed by atoms with van der Waals surface area (Å²) in [5.41, 5.74) is 4.62. The Labute approximate surface area is 80.3 Å². The maximum absolute atomic E-state index is 9.96. The predicted octanol–water partition coefficient (Wildman–Crippen LogP) is -1.52. The van der Waals surface area contributed by atoms with Crippen LogP contribution in [0.2, 0.25) is 0 Å². The Morgan fingerprint density at radius 2 is 2.00 bits per heavy atom. The molecule has 1 unspecified atom stereocenters. The molecule has 6 heteroatoms. The number of amides is 2. The molecule has 0 aromatic carbocycles. The van der Waals surface area contributed by atoms with E-state index in [1.807, 2.05) is 5.32 Å². The number of urea groups is 1. The van der Waals surface area contributed by atoms with E-state index in [4.69, 9.17) is 5.11 Å². The van der Waals surface area contributed by atoms with Gasteiger partial charge in [0.15, 0.2) is 0 Å². The number of nitrogens with one attached hydrogen (secondary N) is 1. The number of hydrogen-bond acceptors (Lipinski definition) is 2. The van der Waals surface area contributed by atoms with E-state index in [0.29, 0.717) is 0 Å². The van der Waals surface area contributed by atoms with Crippen molar-refractivity contribution in [3.8, 4) is 0 Å². The molecular weight excluding hydrogens is 147 g/mol. The van der Waals surface area contributed by atoms with Crippen molar-refractivity contribution in [1.82, 2.24) is 5.32 Å². The molecule has 0 aliphatic rings. The molecule has 0 saturated carbocycles. The van der Waals surface area contributed by atoms with Gasteiger partial charge >= 0.3 is 41.6 Å². The van der Waals surface area contributed by atoms with Crippen molar-refractivity contribution in [2.75, 3.05) is 0 Å². The van der Waals surface area contributed by atoms with Crippen LogP contribution in [0.4, 0.5) is 4.79 Å². The second kappa shape index (κ2) is 5.52. The molecule has 4 N–H and O–H groups in total. The molecule has 54 valence electrons. The number of carboxylic acids is 1. The van der Waals surface area contributed by atoms with Gasteiger partial charge in [-0.05, 0) is 6.92 Å². The molecule has 0 aromatic rings. The Morgan fingerprint density at radius 1 is 1.60 bits per heavy atom. The minimum atomic E-state index is -1.10. The van der Waals surface area contributed by atoms with Crippen LogP contribution in [0.5, 0.6) is 0 Å². The number of aliphatic carboxylic acids is 1. The number of carbonyl (C=O) groups is 2. The van der Waals surface area contributed by atoms with Gasteiger partial charge in [-0.1, -0.05) is 0 Å². The summed E-state index contributed by atoms with van der Waals surface area (Å²) in [4.78, 5) is 19.9. The maximum atomic E-state index is 9.96. The van der Waals surface area contributed by atoms with Crippen molar-refractivity contribution in [1.29, 1.82) is 0 Å². The Morgan fingerprint density at radius 3 is 2.10 bits per heavy atom. The Hall–Kier alpha value is -0.260. The zero-order valence-corrected chi connectivity index (χ0v) is 4.92. The molecule has 0 bridgehead atoms. The fraction of sp³-hybridized carbons (Fsp3) is 0.500. The summed E-state index contributed by atoms with van der Waals surface area (Å²) in [7, 11) is 0. The van der Waals surface area contributed by atoms with Gasteiger partial charge in [0.2, 0.25) is 0 Å². The van der Waals surface area contributed by atoms with Gasteiger partial charge < -0.3 is 16.2 Å². The molecule has 0 heterocycles. The molecule has 0 fully saturated rings. The molecule has 0 saturated heterocycles. The Bertz CT molecular complexity index is 138. The summed E-state index contributed by atoms with van der Waals surface area (Å²) in [6, 6.07) is -1.74. The summed E-state index contributed by atoms with van der Waals surface area (Å²) in [6.07, 6.45) is 0. The van der Waals surface area contributed by atoms with Crippen molar-refractivity contribution in [3.05, 3.63) is 0 Å². The molecule has 0 rings (SSSR count). The molecule has 10 heavy (non-hydrogen) atoms. The Kier molecular flexibility index (Phi) is 6.85. The van der Waals surface area contributed by atoms with Crippen molar-refractivity contribution in [2.45, 2.75) is 13.0 Å². The summed E-state index contributed by atoms with van der Waals surface area (Å²) in [5.74, 6) is -1.10. The topological polar surface area (TPSA) is 92.4 Å². The summed E-state index contributed by atoms with van der Waals surface area (Å²) < 4.78 is 0. The first kappa shape index (κ1) is 12.4. The fourth-order valence-corrected chi connectivity index (χ4v) is 0.275. The number of carbonyl (C=O) groups excluding carboxylic acids is 1. The SMILES string of the molecule is CC(NC(N)=O)C(=O)O.[NaH]. The molecule has 1 atom stereocenters. The molecule has 0 aromatic heterocycles. The predicted molar refractivity (Wildman–Crippen MR) is 37.0 cm³/mol. The van der Waals surface area contributed by atoms with Crippen molar-refractivity contribution in [2.24, 2.45) is 5.73 Å². The van der Waals surface area contributed by atoms with Crippen LogP contribution >= 0.6 is 0 Å². The zero-order valence-electron chi connectivity index (χ0n) is 4.92. The van der Waals surface area contributed by atoms with E-state index in [9.17, 15) is 9.59 Å². The summed E-state index contributed by atoms with van der Waals surface area (Å²) in [6.45, 7) is 1.33. The van der Waals surface area contributed by atoms with Gasteiger partial charge in [0.05, 0.1) is 0 Å². The van der Waals surface area contributed by atoms with Gasteiger partial charge in [0.1, 0.15) is 6.04 Å². The summed E-state index contributed by atoms with van der Waals surface area (Å²) >= 11 is 0. The number of rotatable bonds is 2. The van der Waals surface area contributed by atoms with E-state index in [2.05, 4.69) is 5.73 Å². The van der Waals surface area contributed by atoms with Crippen LogP contribution in [-0.2, 0) is 4.79 Å². The minimum absolute atomic E-state index is 0. The molecule has 0 aliphatic heterocycles. The molecular formula is C4H9N2NaO3. The zero-order chi connectivity index (χ0) is 7.44. The first-order chi connectivity index (χ1) is 4.04. The fourth-order valence-electron chi connectivity index (χ4n) is 0.275. The first-order valence-electron chi connectivity index (χ1n) is 2.33. The van der Waals surface area contributed by atoms with E-state index in [1.54, 1.807) is 0 Å². The van der Waals surface area contributed by atoms with Gasteiger partial charge in [0, 0.05) is 0 Å². The van der Waals surface area contributed by atoms with E-state index in [1.165, 1.54) is 6.92 Å². The van der Waals surface area contributed by atoms with Gasteiger partial charge in [-0.3, -0.25) is 4.79 Å². The average Bonchev–Trinajstić information content (AvgIpc) is 1.63. The van der Waals surface area contributed by atoms with E-state index in [-0.39, 0.29) is 29.6 Å². The molecule has 0 aliphatic carbocycles.